The van der Waals surface area contributed by atoms with Crippen molar-refractivity contribution in [2.75, 3.05) is 0 Å². The molecule has 1 N–H and O–H groups in total. The number of carboxylic acid groups (broad SMARTS) is 1. The molecule has 3 unspecified atom stereocenters. The number of imidazole rings is 1. The highest BCUT2D eigenvalue weighted by atomic mass is 16.4. The molecule has 4 heteroatoms. The lowest BCUT2D eigenvalue weighted by Gasteiger charge is -2.34. The predicted molar refractivity (Wildman–Crippen MR) is 64.6 cm³/mol. The highest BCUT2D eigenvalue weighted by Crippen LogP contribution is 2.39. The van der Waals surface area contributed by atoms with Gasteiger partial charge in [-0.25, -0.2) is 4.98 Å². The minimum absolute atomic E-state index is 0.0836. The van der Waals surface area contributed by atoms with Crippen LogP contribution in [0.5, 0.6) is 0 Å². The largest absolute Gasteiger partial charge is 0.481 e. The SMILES string of the molecule is CCCC1CCC(C(=O)O)C(n2ccnc2)C1. The molecule has 0 aliphatic heterocycles. The van der Waals surface area contributed by atoms with Gasteiger partial charge >= 0.3 is 5.97 Å². The van der Waals surface area contributed by atoms with Crippen LogP contribution >= 0.6 is 0 Å². The first-order chi connectivity index (χ1) is 8.22. The van der Waals surface area contributed by atoms with Crippen molar-refractivity contribution in [2.45, 2.75) is 45.1 Å². The van der Waals surface area contributed by atoms with Gasteiger partial charge in [-0.05, 0) is 25.2 Å². The zero-order valence-corrected chi connectivity index (χ0v) is 10.2. The number of nitrogens with zero attached hydrogens (tertiary/aromatic N) is 2. The molecule has 1 aromatic rings. The summed E-state index contributed by atoms with van der Waals surface area (Å²) in [6.07, 6.45) is 10.6. The van der Waals surface area contributed by atoms with Gasteiger partial charge in [0.2, 0.25) is 0 Å². The molecule has 0 radical (unpaired) electrons. The number of rotatable bonds is 4. The maximum absolute atomic E-state index is 11.3. The van der Waals surface area contributed by atoms with Crippen LogP contribution in [-0.2, 0) is 4.79 Å². The van der Waals surface area contributed by atoms with Gasteiger partial charge in [0, 0.05) is 18.4 Å². The van der Waals surface area contributed by atoms with E-state index >= 15 is 0 Å². The summed E-state index contributed by atoms with van der Waals surface area (Å²) in [7, 11) is 0. The fourth-order valence-electron chi connectivity index (χ4n) is 2.98. The Kier molecular flexibility index (Phi) is 3.82. The predicted octanol–water partition coefficient (Wildman–Crippen LogP) is 2.73. The quantitative estimate of drug-likeness (QED) is 0.874. The summed E-state index contributed by atoms with van der Waals surface area (Å²) < 4.78 is 1.97. The van der Waals surface area contributed by atoms with E-state index in [1.807, 2.05) is 10.8 Å². The first kappa shape index (κ1) is 12.1. The van der Waals surface area contributed by atoms with E-state index < -0.39 is 5.97 Å². The van der Waals surface area contributed by atoms with Crippen molar-refractivity contribution in [3.63, 3.8) is 0 Å². The van der Waals surface area contributed by atoms with Crippen LogP contribution in [0.3, 0.4) is 0 Å². The molecule has 17 heavy (non-hydrogen) atoms. The number of hydrogen-bond donors (Lipinski definition) is 1. The number of carbonyl (C=O) groups is 1. The van der Waals surface area contributed by atoms with Crippen LogP contribution in [0.2, 0.25) is 0 Å². The normalized spacial score (nSPS) is 29.1. The maximum atomic E-state index is 11.3. The third-order valence-corrected chi connectivity index (χ3v) is 3.85. The smallest absolute Gasteiger partial charge is 0.308 e. The third-order valence-electron chi connectivity index (χ3n) is 3.85. The first-order valence-corrected chi connectivity index (χ1v) is 6.42. The fourth-order valence-corrected chi connectivity index (χ4v) is 2.98. The second-order valence-corrected chi connectivity index (χ2v) is 4.99. The first-order valence-electron chi connectivity index (χ1n) is 6.42. The topological polar surface area (TPSA) is 55.1 Å². The van der Waals surface area contributed by atoms with E-state index in [2.05, 4.69) is 11.9 Å². The maximum Gasteiger partial charge on any atom is 0.308 e. The van der Waals surface area contributed by atoms with Crippen molar-refractivity contribution >= 4 is 5.97 Å². The number of aliphatic carboxylic acids is 1. The molecule has 2 rings (SSSR count). The zero-order valence-electron chi connectivity index (χ0n) is 10.2. The van der Waals surface area contributed by atoms with E-state index in [9.17, 15) is 9.90 Å². The van der Waals surface area contributed by atoms with Crippen LogP contribution < -0.4 is 0 Å². The van der Waals surface area contributed by atoms with Gasteiger partial charge in [0.1, 0.15) is 0 Å². The Labute approximate surface area is 102 Å². The van der Waals surface area contributed by atoms with Gasteiger partial charge in [0.15, 0.2) is 0 Å². The second kappa shape index (κ2) is 5.34. The minimum Gasteiger partial charge on any atom is -0.481 e. The molecule has 0 amide bonds. The van der Waals surface area contributed by atoms with Crippen LogP contribution in [0.1, 0.15) is 45.1 Å². The van der Waals surface area contributed by atoms with Crippen molar-refractivity contribution in [1.82, 2.24) is 9.55 Å². The highest BCUT2D eigenvalue weighted by molar-refractivity contribution is 5.70. The molecule has 1 aliphatic carbocycles. The van der Waals surface area contributed by atoms with Gasteiger partial charge in [-0.15, -0.1) is 0 Å². The summed E-state index contributed by atoms with van der Waals surface area (Å²) in [5.74, 6) is -0.251. The number of hydrogen-bond acceptors (Lipinski definition) is 2. The molecule has 1 fully saturated rings. The van der Waals surface area contributed by atoms with E-state index in [-0.39, 0.29) is 12.0 Å². The van der Waals surface area contributed by atoms with E-state index in [1.54, 1.807) is 12.5 Å². The van der Waals surface area contributed by atoms with E-state index in [4.69, 9.17) is 0 Å². The summed E-state index contributed by atoms with van der Waals surface area (Å²) in [6, 6.07) is 0.0836. The van der Waals surface area contributed by atoms with Gasteiger partial charge in [0.25, 0.3) is 0 Å². The van der Waals surface area contributed by atoms with Crippen LogP contribution in [-0.4, -0.2) is 20.6 Å². The molecule has 0 aromatic carbocycles. The molecule has 1 saturated carbocycles. The second-order valence-electron chi connectivity index (χ2n) is 4.99. The number of aromatic nitrogens is 2. The molecule has 0 bridgehead atoms. The van der Waals surface area contributed by atoms with E-state index in [0.717, 1.165) is 19.3 Å². The molecule has 0 saturated heterocycles. The average molecular weight is 236 g/mol. The summed E-state index contributed by atoms with van der Waals surface area (Å²) >= 11 is 0. The van der Waals surface area contributed by atoms with Crippen LogP contribution in [0.4, 0.5) is 0 Å². The van der Waals surface area contributed by atoms with Crippen molar-refractivity contribution in [1.29, 1.82) is 0 Å². The molecule has 1 aromatic heterocycles. The van der Waals surface area contributed by atoms with Crippen molar-refractivity contribution in [3.8, 4) is 0 Å². The van der Waals surface area contributed by atoms with Gasteiger partial charge in [-0.3, -0.25) is 4.79 Å². The summed E-state index contributed by atoms with van der Waals surface area (Å²) in [6.45, 7) is 2.19. The van der Waals surface area contributed by atoms with Crippen LogP contribution in [0.25, 0.3) is 0 Å². The Morgan fingerprint density at radius 1 is 1.53 bits per heavy atom. The van der Waals surface area contributed by atoms with Gasteiger partial charge in [-0.1, -0.05) is 19.8 Å². The lowest BCUT2D eigenvalue weighted by atomic mass is 9.76. The van der Waals surface area contributed by atoms with Crippen LogP contribution in [0.15, 0.2) is 18.7 Å². The molecule has 1 aliphatic rings. The summed E-state index contributed by atoms with van der Waals surface area (Å²) in [5.41, 5.74) is 0. The lowest BCUT2D eigenvalue weighted by molar-refractivity contribution is -0.145. The Morgan fingerprint density at radius 3 is 2.94 bits per heavy atom. The Hall–Kier alpha value is -1.32. The molecular formula is C13H20N2O2. The summed E-state index contributed by atoms with van der Waals surface area (Å²) in [4.78, 5) is 15.3. The molecule has 4 nitrogen and oxygen atoms in total. The van der Waals surface area contributed by atoms with Crippen molar-refractivity contribution in [2.24, 2.45) is 11.8 Å². The molecular weight excluding hydrogens is 216 g/mol. The van der Waals surface area contributed by atoms with Gasteiger partial charge in [0.05, 0.1) is 12.2 Å². The summed E-state index contributed by atoms with van der Waals surface area (Å²) in [5, 5.41) is 9.29. The molecule has 1 heterocycles. The Bertz CT molecular complexity index is 362. The van der Waals surface area contributed by atoms with Crippen molar-refractivity contribution in [3.05, 3.63) is 18.7 Å². The fraction of sp³-hybridized carbons (Fsp3) is 0.692. The van der Waals surface area contributed by atoms with Gasteiger partial charge < -0.3 is 9.67 Å². The van der Waals surface area contributed by atoms with Gasteiger partial charge in [-0.2, -0.15) is 0 Å². The number of carboxylic acids is 1. The lowest BCUT2D eigenvalue weighted by Crippen LogP contribution is -2.32. The molecule has 3 atom stereocenters. The standard InChI is InChI=1S/C13H20N2O2/c1-2-3-10-4-5-11(13(16)17)12(8-10)15-7-6-14-9-15/h6-7,9-12H,2-5,8H2,1H3,(H,16,17). The third kappa shape index (κ3) is 2.68. The highest BCUT2D eigenvalue weighted by Gasteiger charge is 2.35. The van der Waals surface area contributed by atoms with E-state index in [1.165, 1.54) is 12.8 Å². The van der Waals surface area contributed by atoms with E-state index in [0.29, 0.717) is 5.92 Å². The van der Waals surface area contributed by atoms with Crippen LogP contribution in [0, 0.1) is 11.8 Å². The average Bonchev–Trinajstić information content (AvgIpc) is 2.82. The Morgan fingerprint density at radius 2 is 2.35 bits per heavy atom. The zero-order chi connectivity index (χ0) is 12.3. The minimum atomic E-state index is -0.668. The van der Waals surface area contributed by atoms with Crippen molar-refractivity contribution < 1.29 is 9.90 Å². The molecule has 0 spiro atoms. The monoisotopic (exact) mass is 236 g/mol. The molecule has 94 valence electrons. The Balaban J connectivity index is 2.13.